The molecule has 3 nitrogen and oxygen atoms in total. The number of esters is 1. The van der Waals surface area contributed by atoms with Crippen LogP contribution in [0.1, 0.15) is 115 Å². The van der Waals surface area contributed by atoms with Crippen LogP contribution in [0.2, 0.25) is 0 Å². The summed E-state index contributed by atoms with van der Waals surface area (Å²) >= 11 is 0. The summed E-state index contributed by atoms with van der Waals surface area (Å²) in [5.41, 5.74) is 0.396. The molecule has 200 valence electrons. The Balaban J connectivity index is 1.20. The van der Waals surface area contributed by atoms with Gasteiger partial charge in [0.2, 0.25) is 5.82 Å². The van der Waals surface area contributed by atoms with Crippen molar-refractivity contribution in [2.75, 3.05) is 0 Å². The number of carbonyl (C=O) groups excluding carboxylic acids is 1. The lowest BCUT2D eigenvalue weighted by atomic mass is 9.69. The molecule has 0 aliphatic heterocycles. The molecule has 0 heterocycles. The molecule has 0 saturated heterocycles. The first-order chi connectivity index (χ1) is 17.5. The lowest BCUT2D eigenvalue weighted by molar-refractivity contribution is -0.157. The van der Waals surface area contributed by atoms with Crippen molar-refractivity contribution in [3.05, 3.63) is 41.7 Å². The van der Waals surface area contributed by atoms with E-state index >= 15 is 0 Å². The van der Waals surface area contributed by atoms with Crippen molar-refractivity contribution in [2.24, 2.45) is 23.7 Å². The van der Waals surface area contributed by atoms with Crippen LogP contribution in [-0.2, 0) is 9.53 Å². The van der Waals surface area contributed by atoms with Gasteiger partial charge in [-0.15, -0.1) is 0 Å². The van der Waals surface area contributed by atoms with Crippen molar-refractivity contribution in [1.82, 2.24) is 0 Å². The number of ether oxygens (including phenoxy) is 2. The molecule has 3 aliphatic rings. The van der Waals surface area contributed by atoms with Crippen LogP contribution >= 0.6 is 0 Å². The summed E-state index contributed by atoms with van der Waals surface area (Å²) in [4.78, 5) is 12.9. The molecule has 0 unspecified atom stereocenters. The van der Waals surface area contributed by atoms with E-state index in [1.165, 1.54) is 50.9 Å². The third-order valence-electron chi connectivity index (χ3n) is 9.16. The molecule has 4 rings (SSSR count). The van der Waals surface area contributed by atoms with Gasteiger partial charge in [0.25, 0.3) is 0 Å². The van der Waals surface area contributed by atoms with Crippen molar-refractivity contribution in [2.45, 2.75) is 116 Å². The topological polar surface area (TPSA) is 35.5 Å². The van der Waals surface area contributed by atoms with Crippen molar-refractivity contribution < 1.29 is 23.0 Å². The maximum absolute atomic E-state index is 14.7. The number of halogens is 2. The van der Waals surface area contributed by atoms with E-state index in [0.717, 1.165) is 43.4 Å². The summed E-state index contributed by atoms with van der Waals surface area (Å²) in [7, 11) is 0. The number of carbonyl (C=O) groups is 1. The SMILES string of the molecule is CC=COc1ccc(C2CCC(OC(=O)C3CCC(C4CCC(CCC)CC4)CC3)CC2)c(F)c1F. The number of benzene rings is 1. The van der Waals surface area contributed by atoms with E-state index in [-0.39, 0.29) is 29.7 Å². The molecule has 3 fully saturated rings. The summed E-state index contributed by atoms with van der Waals surface area (Å²) in [6.45, 7) is 4.04. The van der Waals surface area contributed by atoms with Gasteiger partial charge in [0.15, 0.2) is 11.6 Å². The Labute approximate surface area is 216 Å². The normalized spacial score (nSPS) is 31.3. The molecule has 36 heavy (non-hydrogen) atoms. The molecule has 0 amide bonds. The third kappa shape index (κ3) is 6.69. The van der Waals surface area contributed by atoms with E-state index in [1.54, 1.807) is 19.1 Å². The average Bonchev–Trinajstić information content (AvgIpc) is 2.91. The highest BCUT2D eigenvalue weighted by Crippen LogP contribution is 2.43. The minimum Gasteiger partial charge on any atom is -0.462 e. The fourth-order valence-corrected chi connectivity index (χ4v) is 7.03. The Kier molecular flexibility index (Phi) is 9.84. The molecular formula is C31H44F2O3. The molecule has 3 aliphatic carbocycles. The van der Waals surface area contributed by atoms with Crippen LogP contribution in [0, 0.1) is 35.3 Å². The zero-order valence-corrected chi connectivity index (χ0v) is 22.2. The van der Waals surface area contributed by atoms with Gasteiger partial charge in [0, 0.05) is 0 Å². The number of hydrogen-bond acceptors (Lipinski definition) is 3. The lowest BCUT2D eigenvalue weighted by Crippen LogP contribution is -2.32. The molecule has 0 spiro atoms. The summed E-state index contributed by atoms with van der Waals surface area (Å²) in [6, 6.07) is 3.12. The monoisotopic (exact) mass is 502 g/mol. The van der Waals surface area contributed by atoms with Gasteiger partial charge >= 0.3 is 5.97 Å². The summed E-state index contributed by atoms with van der Waals surface area (Å²) in [5.74, 6) is 0.662. The predicted octanol–water partition coefficient (Wildman–Crippen LogP) is 8.86. The molecule has 0 bridgehead atoms. The van der Waals surface area contributed by atoms with Crippen LogP contribution in [0.5, 0.6) is 5.75 Å². The minimum atomic E-state index is -0.941. The number of rotatable bonds is 8. The first-order valence-corrected chi connectivity index (χ1v) is 14.5. The van der Waals surface area contributed by atoms with E-state index in [4.69, 9.17) is 9.47 Å². The zero-order valence-electron chi connectivity index (χ0n) is 22.2. The van der Waals surface area contributed by atoms with Crippen LogP contribution in [0.15, 0.2) is 24.5 Å². The van der Waals surface area contributed by atoms with E-state index in [2.05, 4.69) is 6.92 Å². The second kappa shape index (κ2) is 13.1. The van der Waals surface area contributed by atoms with E-state index in [0.29, 0.717) is 31.2 Å². The van der Waals surface area contributed by atoms with Gasteiger partial charge in [-0.25, -0.2) is 4.39 Å². The molecular weight excluding hydrogens is 458 g/mol. The van der Waals surface area contributed by atoms with Gasteiger partial charge in [-0.1, -0.05) is 44.7 Å². The molecule has 0 aromatic heterocycles. The summed E-state index contributed by atoms with van der Waals surface area (Å²) in [5, 5.41) is 0. The zero-order chi connectivity index (χ0) is 25.5. The van der Waals surface area contributed by atoms with E-state index in [1.807, 2.05) is 0 Å². The molecule has 1 aromatic rings. The van der Waals surface area contributed by atoms with Crippen LogP contribution in [0.25, 0.3) is 0 Å². The smallest absolute Gasteiger partial charge is 0.309 e. The Hall–Kier alpha value is -1.91. The van der Waals surface area contributed by atoms with Crippen LogP contribution < -0.4 is 4.74 Å². The molecule has 3 saturated carbocycles. The maximum Gasteiger partial charge on any atom is 0.309 e. The van der Waals surface area contributed by atoms with Gasteiger partial charge in [-0.3, -0.25) is 4.79 Å². The molecule has 0 atom stereocenters. The highest BCUT2D eigenvalue weighted by atomic mass is 19.2. The van der Waals surface area contributed by atoms with Crippen LogP contribution in [0.4, 0.5) is 8.78 Å². The second-order valence-electron chi connectivity index (χ2n) is 11.5. The van der Waals surface area contributed by atoms with Gasteiger partial charge < -0.3 is 9.47 Å². The van der Waals surface area contributed by atoms with Crippen molar-refractivity contribution in [3.8, 4) is 5.75 Å². The predicted molar refractivity (Wildman–Crippen MR) is 139 cm³/mol. The van der Waals surface area contributed by atoms with E-state index in [9.17, 15) is 13.6 Å². The fourth-order valence-electron chi connectivity index (χ4n) is 7.03. The fraction of sp³-hybridized carbons (Fsp3) is 0.710. The van der Waals surface area contributed by atoms with E-state index < -0.39 is 11.6 Å². The molecule has 0 N–H and O–H groups in total. The van der Waals surface area contributed by atoms with Crippen molar-refractivity contribution in [3.63, 3.8) is 0 Å². The van der Waals surface area contributed by atoms with Crippen molar-refractivity contribution in [1.29, 1.82) is 0 Å². The Morgan fingerprint density at radius 2 is 1.53 bits per heavy atom. The van der Waals surface area contributed by atoms with Crippen LogP contribution in [0.3, 0.4) is 0 Å². The summed E-state index contributed by atoms with van der Waals surface area (Å²) in [6.07, 6.45) is 18.1. The van der Waals surface area contributed by atoms with Gasteiger partial charge in [0.1, 0.15) is 6.10 Å². The Bertz CT molecular complexity index is 874. The minimum absolute atomic E-state index is 0.0339. The first-order valence-electron chi connectivity index (χ1n) is 14.5. The molecule has 1 aromatic carbocycles. The Morgan fingerprint density at radius 1 is 0.889 bits per heavy atom. The number of hydrogen-bond donors (Lipinski definition) is 0. The van der Waals surface area contributed by atoms with Gasteiger partial charge in [0.05, 0.1) is 12.2 Å². The summed E-state index contributed by atoms with van der Waals surface area (Å²) < 4.78 is 40.1. The van der Waals surface area contributed by atoms with Crippen LogP contribution in [-0.4, -0.2) is 12.1 Å². The standard InChI is InChI=1S/C31H44F2O3/c1-3-5-21-6-8-22(9-7-21)23-10-12-25(13-11-23)31(34)36-26-16-14-24(15-17-26)27-18-19-28(35-20-4-2)30(33)29(27)32/h4,18-26H,3,5-17H2,1-2H3. The quantitative estimate of drug-likeness (QED) is 0.263. The first kappa shape index (κ1) is 27.1. The number of allylic oxidation sites excluding steroid dienone is 1. The molecule has 0 radical (unpaired) electrons. The lowest BCUT2D eigenvalue weighted by Gasteiger charge is -2.37. The van der Waals surface area contributed by atoms with Crippen molar-refractivity contribution >= 4 is 5.97 Å². The second-order valence-corrected chi connectivity index (χ2v) is 11.5. The van der Waals surface area contributed by atoms with Gasteiger partial charge in [-0.05, 0) is 106 Å². The largest absolute Gasteiger partial charge is 0.462 e. The maximum atomic E-state index is 14.7. The Morgan fingerprint density at radius 3 is 2.14 bits per heavy atom. The average molecular weight is 503 g/mol. The third-order valence-corrected chi connectivity index (χ3v) is 9.16. The van der Waals surface area contributed by atoms with Gasteiger partial charge in [-0.2, -0.15) is 4.39 Å². The highest BCUT2D eigenvalue weighted by molar-refractivity contribution is 5.72. The molecule has 5 heteroatoms. The highest BCUT2D eigenvalue weighted by Gasteiger charge is 2.35.